The van der Waals surface area contributed by atoms with E-state index in [2.05, 4.69) is 18.7 Å². The van der Waals surface area contributed by atoms with Crippen molar-refractivity contribution in [3.63, 3.8) is 0 Å². The first kappa shape index (κ1) is 15.2. The topological polar surface area (TPSA) is 40.5 Å². The van der Waals surface area contributed by atoms with E-state index in [0.29, 0.717) is 6.42 Å². The van der Waals surface area contributed by atoms with E-state index in [1.165, 1.54) is 25.7 Å². The van der Waals surface area contributed by atoms with Gasteiger partial charge in [-0.15, -0.1) is 0 Å². The highest BCUT2D eigenvalue weighted by molar-refractivity contribution is 7.99. The summed E-state index contributed by atoms with van der Waals surface area (Å²) in [6.45, 7) is 6.75. The molecule has 2 aliphatic heterocycles. The quantitative estimate of drug-likeness (QED) is 0.864. The minimum atomic E-state index is -0.637. The molecule has 0 saturated carbocycles. The van der Waals surface area contributed by atoms with Crippen LogP contribution >= 0.6 is 11.8 Å². The standard InChI is InChI=1S/C15H27NO2S/c1-14(2)10-15(9-13(17)18,12-19-11-14)16-7-5-3-4-6-8-16/h3-12H2,1-2H3,(H,17,18). The molecule has 0 bridgehead atoms. The summed E-state index contributed by atoms with van der Waals surface area (Å²) in [7, 11) is 0. The Labute approximate surface area is 121 Å². The van der Waals surface area contributed by atoms with Crippen molar-refractivity contribution in [2.75, 3.05) is 24.6 Å². The van der Waals surface area contributed by atoms with Crippen molar-refractivity contribution in [1.29, 1.82) is 0 Å². The fraction of sp³-hybridized carbons (Fsp3) is 0.933. The van der Waals surface area contributed by atoms with Gasteiger partial charge in [-0.05, 0) is 43.5 Å². The van der Waals surface area contributed by atoms with E-state index in [1.807, 2.05) is 11.8 Å². The predicted molar refractivity (Wildman–Crippen MR) is 80.7 cm³/mol. The van der Waals surface area contributed by atoms with Gasteiger partial charge in [-0.2, -0.15) is 11.8 Å². The van der Waals surface area contributed by atoms with Gasteiger partial charge in [0.1, 0.15) is 0 Å². The molecule has 0 aromatic rings. The monoisotopic (exact) mass is 285 g/mol. The molecule has 0 radical (unpaired) electrons. The number of carbonyl (C=O) groups is 1. The molecule has 2 fully saturated rings. The Morgan fingerprint density at radius 3 is 2.32 bits per heavy atom. The van der Waals surface area contributed by atoms with Crippen molar-refractivity contribution < 1.29 is 9.90 Å². The maximum absolute atomic E-state index is 11.4. The van der Waals surface area contributed by atoms with Gasteiger partial charge in [-0.3, -0.25) is 9.69 Å². The summed E-state index contributed by atoms with van der Waals surface area (Å²) in [4.78, 5) is 13.9. The second kappa shape index (κ2) is 6.04. The van der Waals surface area contributed by atoms with Gasteiger partial charge in [0.05, 0.1) is 6.42 Å². The predicted octanol–water partition coefficient (Wildman–Crippen LogP) is 3.24. The number of carboxylic acids is 1. The molecule has 0 aromatic heterocycles. The normalized spacial score (nSPS) is 32.7. The molecule has 2 aliphatic rings. The number of hydrogen-bond donors (Lipinski definition) is 1. The van der Waals surface area contributed by atoms with Crippen LogP contribution in [0.5, 0.6) is 0 Å². The third-order valence-corrected chi connectivity index (χ3v) is 6.16. The minimum absolute atomic E-state index is 0.109. The second-order valence-corrected chi connectivity index (χ2v) is 8.02. The van der Waals surface area contributed by atoms with Crippen molar-refractivity contribution in [2.24, 2.45) is 5.41 Å². The zero-order valence-corrected chi connectivity index (χ0v) is 13.1. The summed E-state index contributed by atoms with van der Waals surface area (Å²) in [5.74, 6) is 1.51. The van der Waals surface area contributed by atoms with E-state index in [4.69, 9.17) is 0 Å². The Morgan fingerprint density at radius 1 is 1.16 bits per heavy atom. The lowest BCUT2D eigenvalue weighted by Crippen LogP contribution is -2.57. The number of aliphatic carboxylic acids is 1. The fourth-order valence-corrected chi connectivity index (χ4v) is 5.29. The van der Waals surface area contributed by atoms with E-state index in [9.17, 15) is 9.90 Å². The highest BCUT2D eigenvalue weighted by Crippen LogP contribution is 2.44. The van der Waals surface area contributed by atoms with Gasteiger partial charge >= 0.3 is 5.97 Å². The van der Waals surface area contributed by atoms with E-state index in [-0.39, 0.29) is 11.0 Å². The molecule has 0 aromatic carbocycles. The van der Waals surface area contributed by atoms with Gasteiger partial charge in [0.25, 0.3) is 0 Å². The van der Waals surface area contributed by atoms with Crippen LogP contribution in [0.1, 0.15) is 52.4 Å². The smallest absolute Gasteiger partial charge is 0.305 e. The Hall–Kier alpha value is -0.220. The molecule has 0 aliphatic carbocycles. The van der Waals surface area contributed by atoms with Gasteiger partial charge in [0, 0.05) is 11.3 Å². The first-order valence-electron chi connectivity index (χ1n) is 7.48. The lowest BCUT2D eigenvalue weighted by Gasteiger charge is -2.50. The van der Waals surface area contributed by atoms with Gasteiger partial charge in [0.15, 0.2) is 0 Å². The molecule has 0 spiro atoms. The fourth-order valence-electron chi connectivity index (χ4n) is 3.77. The zero-order valence-electron chi connectivity index (χ0n) is 12.3. The molecule has 2 heterocycles. The van der Waals surface area contributed by atoms with E-state index >= 15 is 0 Å². The Bertz CT molecular complexity index is 324. The lowest BCUT2D eigenvalue weighted by atomic mass is 9.77. The van der Waals surface area contributed by atoms with Crippen molar-refractivity contribution in [3.05, 3.63) is 0 Å². The van der Waals surface area contributed by atoms with Crippen LogP contribution in [0.15, 0.2) is 0 Å². The van der Waals surface area contributed by atoms with Gasteiger partial charge in [0.2, 0.25) is 0 Å². The van der Waals surface area contributed by atoms with Crippen LogP contribution in [-0.4, -0.2) is 46.1 Å². The summed E-state index contributed by atoms with van der Waals surface area (Å²) >= 11 is 1.95. The van der Waals surface area contributed by atoms with Crippen molar-refractivity contribution in [1.82, 2.24) is 4.90 Å². The van der Waals surface area contributed by atoms with E-state index in [0.717, 1.165) is 31.0 Å². The summed E-state index contributed by atoms with van der Waals surface area (Å²) in [5.41, 5.74) is 0.146. The van der Waals surface area contributed by atoms with Crippen LogP contribution in [0.3, 0.4) is 0 Å². The number of likely N-dealkylation sites (tertiary alicyclic amines) is 1. The maximum Gasteiger partial charge on any atom is 0.305 e. The average Bonchev–Trinajstić information content (AvgIpc) is 2.55. The Kier molecular flexibility index (Phi) is 4.83. The van der Waals surface area contributed by atoms with Gasteiger partial charge in [-0.25, -0.2) is 0 Å². The molecule has 2 rings (SSSR count). The highest BCUT2D eigenvalue weighted by Gasteiger charge is 2.45. The third kappa shape index (κ3) is 3.88. The number of carboxylic acid groups (broad SMARTS) is 1. The van der Waals surface area contributed by atoms with Gasteiger partial charge in [-0.1, -0.05) is 26.7 Å². The zero-order chi connectivity index (χ0) is 13.9. The van der Waals surface area contributed by atoms with Crippen LogP contribution < -0.4 is 0 Å². The van der Waals surface area contributed by atoms with Crippen LogP contribution in [0, 0.1) is 5.41 Å². The largest absolute Gasteiger partial charge is 0.481 e. The number of thioether (sulfide) groups is 1. The average molecular weight is 285 g/mol. The molecule has 110 valence electrons. The summed E-state index contributed by atoms with van der Waals surface area (Å²) in [6.07, 6.45) is 6.40. The first-order chi connectivity index (χ1) is 8.94. The number of rotatable bonds is 3. The maximum atomic E-state index is 11.4. The van der Waals surface area contributed by atoms with E-state index < -0.39 is 5.97 Å². The van der Waals surface area contributed by atoms with Crippen LogP contribution in [0.4, 0.5) is 0 Å². The molecule has 4 heteroatoms. The Morgan fingerprint density at radius 2 is 1.79 bits per heavy atom. The van der Waals surface area contributed by atoms with Crippen LogP contribution in [0.25, 0.3) is 0 Å². The number of hydrogen-bond acceptors (Lipinski definition) is 3. The third-order valence-electron chi connectivity index (χ3n) is 4.43. The van der Waals surface area contributed by atoms with Gasteiger partial charge < -0.3 is 5.11 Å². The molecule has 3 nitrogen and oxygen atoms in total. The van der Waals surface area contributed by atoms with Crippen molar-refractivity contribution in [2.45, 2.75) is 57.9 Å². The number of nitrogens with zero attached hydrogens (tertiary/aromatic N) is 1. The molecule has 1 unspecified atom stereocenters. The molecule has 2 saturated heterocycles. The van der Waals surface area contributed by atoms with Crippen molar-refractivity contribution in [3.8, 4) is 0 Å². The highest BCUT2D eigenvalue weighted by atomic mass is 32.2. The first-order valence-corrected chi connectivity index (χ1v) is 8.64. The Balaban J connectivity index is 2.19. The van der Waals surface area contributed by atoms with E-state index in [1.54, 1.807) is 0 Å². The molecule has 0 amide bonds. The van der Waals surface area contributed by atoms with Crippen molar-refractivity contribution >= 4 is 17.7 Å². The molecule has 1 N–H and O–H groups in total. The minimum Gasteiger partial charge on any atom is -0.481 e. The SMILES string of the molecule is CC1(C)CSCC(CC(=O)O)(N2CCCCCC2)C1. The lowest BCUT2D eigenvalue weighted by molar-refractivity contribution is -0.140. The van der Waals surface area contributed by atoms with Crippen LogP contribution in [0.2, 0.25) is 0 Å². The van der Waals surface area contributed by atoms with Crippen LogP contribution in [-0.2, 0) is 4.79 Å². The molecular weight excluding hydrogens is 258 g/mol. The summed E-state index contributed by atoms with van der Waals surface area (Å²) < 4.78 is 0. The summed E-state index contributed by atoms with van der Waals surface area (Å²) in [6, 6.07) is 0. The molecule has 1 atom stereocenters. The second-order valence-electron chi connectivity index (χ2n) is 7.03. The molecular formula is C15H27NO2S. The summed E-state index contributed by atoms with van der Waals surface area (Å²) in [5, 5.41) is 9.37. The molecule has 19 heavy (non-hydrogen) atoms.